The van der Waals surface area contributed by atoms with Crippen LogP contribution in [-0.4, -0.2) is 13.7 Å². The summed E-state index contributed by atoms with van der Waals surface area (Å²) in [6, 6.07) is 17.0. The second-order valence-electron chi connectivity index (χ2n) is 4.88. The van der Waals surface area contributed by atoms with Crippen molar-refractivity contribution in [2.45, 2.75) is 13.0 Å². The van der Waals surface area contributed by atoms with Gasteiger partial charge in [0.25, 0.3) is 0 Å². The zero-order valence-corrected chi connectivity index (χ0v) is 13.1. The first kappa shape index (κ1) is 14.1. The van der Waals surface area contributed by atoms with Crippen LogP contribution in [-0.2, 0) is 0 Å². The van der Waals surface area contributed by atoms with Crippen LogP contribution in [0, 0.1) is 0 Å². The van der Waals surface area contributed by atoms with Crippen LogP contribution in [0.3, 0.4) is 0 Å². The molecule has 1 aromatic heterocycles. The number of para-hydroxylation sites is 1. The quantitative estimate of drug-likeness (QED) is 0.742. The Hall–Kier alpha value is -1.84. The van der Waals surface area contributed by atoms with Gasteiger partial charge in [-0.25, -0.2) is 0 Å². The number of rotatable bonds is 5. The summed E-state index contributed by atoms with van der Waals surface area (Å²) in [5.41, 5.74) is 2.50. The van der Waals surface area contributed by atoms with Crippen LogP contribution in [0.15, 0.2) is 53.9 Å². The molecule has 1 atom stereocenters. The third-order valence-corrected chi connectivity index (χ3v) is 4.62. The maximum absolute atomic E-state index is 5.79. The highest BCUT2D eigenvalue weighted by molar-refractivity contribution is 7.17. The van der Waals surface area contributed by atoms with Gasteiger partial charge in [0.2, 0.25) is 0 Å². The first-order valence-electron chi connectivity index (χ1n) is 7.20. The van der Waals surface area contributed by atoms with E-state index in [0.29, 0.717) is 6.61 Å². The molecule has 0 bridgehead atoms. The van der Waals surface area contributed by atoms with E-state index in [4.69, 9.17) is 4.74 Å². The van der Waals surface area contributed by atoms with Gasteiger partial charge in [0.05, 0.1) is 12.6 Å². The van der Waals surface area contributed by atoms with Gasteiger partial charge in [0, 0.05) is 10.3 Å². The molecule has 0 saturated heterocycles. The lowest BCUT2D eigenvalue weighted by Crippen LogP contribution is -2.18. The predicted molar refractivity (Wildman–Crippen MR) is 90.3 cm³/mol. The smallest absolute Gasteiger partial charge is 0.124 e. The Morgan fingerprint density at radius 3 is 2.62 bits per heavy atom. The molecule has 0 fully saturated rings. The van der Waals surface area contributed by atoms with Crippen molar-refractivity contribution in [3.8, 4) is 5.75 Å². The van der Waals surface area contributed by atoms with Crippen molar-refractivity contribution in [1.29, 1.82) is 0 Å². The minimum Gasteiger partial charge on any atom is -0.494 e. The molecule has 1 unspecified atom stereocenters. The molecule has 0 radical (unpaired) electrons. The van der Waals surface area contributed by atoms with Crippen LogP contribution in [0.2, 0.25) is 0 Å². The number of fused-ring (bicyclic) bond motifs is 1. The highest BCUT2D eigenvalue weighted by Crippen LogP contribution is 2.36. The van der Waals surface area contributed by atoms with Gasteiger partial charge in [-0.2, -0.15) is 0 Å². The van der Waals surface area contributed by atoms with Crippen LogP contribution in [0.25, 0.3) is 10.1 Å². The lowest BCUT2D eigenvalue weighted by atomic mass is 9.97. The van der Waals surface area contributed by atoms with Crippen molar-refractivity contribution >= 4 is 21.4 Å². The minimum atomic E-state index is 0.142. The van der Waals surface area contributed by atoms with Gasteiger partial charge in [-0.05, 0) is 42.4 Å². The maximum atomic E-state index is 5.79. The summed E-state index contributed by atoms with van der Waals surface area (Å²) in [4.78, 5) is 0. The van der Waals surface area contributed by atoms with Crippen LogP contribution in [0.1, 0.15) is 24.1 Å². The molecule has 3 rings (SSSR count). The normalized spacial score (nSPS) is 12.5. The van der Waals surface area contributed by atoms with Gasteiger partial charge in [-0.15, -0.1) is 11.3 Å². The first-order chi connectivity index (χ1) is 10.3. The average Bonchev–Trinajstić information content (AvgIpc) is 2.94. The summed E-state index contributed by atoms with van der Waals surface area (Å²) in [6.45, 7) is 2.70. The van der Waals surface area contributed by atoms with Crippen LogP contribution < -0.4 is 10.1 Å². The molecule has 0 spiro atoms. The maximum Gasteiger partial charge on any atom is 0.124 e. The lowest BCUT2D eigenvalue weighted by Gasteiger charge is -2.20. The Bertz CT molecular complexity index is 735. The number of ether oxygens (including phenoxy) is 1. The van der Waals surface area contributed by atoms with E-state index in [1.165, 1.54) is 21.2 Å². The fourth-order valence-corrected chi connectivity index (χ4v) is 3.69. The molecule has 3 aromatic rings. The van der Waals surface area contributed by atoms with E-state index in [1.54, 1.807) is 11.3 Å². The van der Waals surface area contributed by atoms with E-state index in [0.717, 1.165) is 5.75 Å². The van der Waals surface area contributed by atoms with Gasteiger partial charge in [0.15, 0.2) is 0 Å². The zero-order valence-electron chi connectivity index (χ0n) is 12.3. The molecule has 0 aliphatic rings. The van der Waals surface area contributed by atoms with E-state index in [9.17, 15) is 0 Å². The molecule has 0 saturated carbocycles. The molecule has 0 aliphatic carbocycles. The first-order valence-corrected chi connectivity index (χ1v) is 8.08. The van der Waals surface area contributed by atoms with Crippen LogP contribution in [0.5, 0.6) is 5.75 Å². The van der Waals surface area contributed by atoms with Crippen LogP contribution in [0.4, 0.5) is 0 Å². The molecule has 2 aromatic carbocycles. The van der Waals surface area contributed by atoms with Crippen molar-refractivity contribution in [3.05, 3.63) is 65.0 Å². The van der Waals surface area contributed by atoms with Crippen LogP contribution >= 0.6 is 11.3 Å². The predicted octanol–water partition coefficient (Wildman–Crippen LogP) is 4.61. The fourth-order valence-electron chi connectivity index (χ4n) is 2.71. The van der Waals surface area contributed by atoms with Crippen molar-refractivity contribution in [1.82, 2.24) is 5.32 Å². The molecule has 0 aliphatic heterocycles. The molecule has 1 N–H and O–H groups in total. The number of thiophene rings is 1. The molecular weight excluding hydrogens is 278 g/mol. The van der Waals surface area contributed by atoms with Gasteiger partial charge in [-0.3, -0.25) is 0 Å². The number of hydrogen-bond acceptors (Lipinski definition) is 3. The average molecular weight is 297 g/mol. The summed E-state index contributed by atoms with van der Waals surface area (Å²) < 4.78 is 7.11. The molecule has 1 heterocycles. The second-order valence-corrected chi connectivity index (χ2v) is 5.79. The second kappa shape index (κ2) is 6.29. The Balaban J connectivity index is 2.10. The zero-order chi connectivity index (χ0) is 14.7. The summed E-state index contributed by atoms with van der Waals surface area (Å²) in [5.74, 6) is 0.953. The van der Waals surface area contributed by atoms with E-state index in [-0.39, 0.29) is 6.04 Å². The summed E-state index contributed by atoms with van der Waals surface area (Å²) in [7, 11) is 2.00. The Labute approximate surface area is 129 Å². The third kappa shape index (κ3) is 2.67. The molecular formula is C18H19NOS. The summed E-state index contributed by atoms with van der Waals surface area (Å²) in [5, 5.41) is 7.00. The number of benzene rings is 2. The largest absolute Gasteiger partial charge is 0.494 e. The van der Waals surface area contributed by atoms with Gasteiger partial charge in [-0.1, -0.05) is 36.4 Å². The minimum absolute atomic E-state index is 0.142. The highest BCUT2D eigenvalue weighted by atomic mass is 32.1. The Kier molecular flexibility index (Phi) is 4.23. The van der Waals surface area contributed by atoms with Crippen molar-refractivity contribution < 1.29 is 4.74 Å². The molecule has 3 heteroatoms. The van der Waals surface area contributed by atoms with Gasteiger partial charge < -0.3 is 10.1 Å². The van der Waals surface area contributed by atoms with E-state index in [1.807, 2.05) is 26.1 Å². The van der Waals surface area contributed by atoms with E-state index >= 15 is 0 Å². The van der Waals surface area contributed by atoms with Crippen molar-refractivity contribution in [2.24, 2.45) is 0 Å². The summed E-state index contributed by atoms with van der Waals surface area (Å²) in [6.07, 6.45) is 0. The molecule has 108 valence electrons. The molecule has 0 amide bonds. The SMILES string of the molecule is CCOc1ccccc1C(NC)c1csc2ccccc12. The van der Waals surface area contributed by atoms with Crippen molar-refractivity contribution in [3.63, 3.8) is 0 Å². The van der Waals surface area contributed by atoms with Crippen molar-refractivity contribution in [2.75, 3.05) is 13.7 Å². The highest BCUT2D eigenvalue weighted by Gasteiger charge is 2.19. The third-order valence-electron chi connectivity index (χ3n) is 3.64. The molecule has 21 heavy (non-hydrogen) atoms. The monoisotopic (exact) mass is 297 g/mol. The van der Waals surface area contributed by atoms with E-state index < -0.39 is 0 Å². The lowest BCUT2D eigenvalue weighted by molar-refractivity contribution is 0.334. The van der Waals surface area contributed by atoms with E-state index in [2.05, 4.69) is 47.1 Å². The fraction of sp³-hybridized carbons (Fsp3) is 0.222. The number of nitrogens with one attached hydrogen (secondary N) is 1. The Morgan fingerprint density at radius 1 is 1.05 bits per heavy atom. The van der Waals surface area contributed by atoms with Gasteiger partial charge >= 0.3 is 0 Å². The topological polar surface area (TPSA) is 21.3 Å². The standard InChI is InChI=1S/C18H19NOS/c1-3-20-16-10-6-4-9-14(16)18(19-2)15-12-21-17-11-7-5-8-13(15)17/h4-12,18-19H,3H2,1-2H3. The number of hydrogen-bond donors (Lipinski definition) is 1. The molecule has 2 nitrogen and oxygen atoms in total. The summed E-state index contributed by atoms with van der Waals surface area (Å²) >= 11 is 1.79. The van der Waals surface area contributed by atoms with Gasteiger partial charge in [0.1, 0.15) is 5.75 Å². The Morgan fingerprint density at radius 2 is 1.81 bits per heavy atom.